The van der Waals surface area contributed by atoms with Crippen molar-refractivity contribution in [3.05, 3.63) is 65.7 Å². The van der Waals surface area contributed by atoms with E-state index in [2.05, 4.69) is 15.0 Å². The first-order chi connectivity index (χ1) is 15.2. The van der Waals surface area contributed by atoms with Crippen molar-refractivity contribution in [1.29, 1.82) is 5.41 Å². The van der Waals surface area contributed by atoms with Gasteiger partial charge in [0, 0.05) is 12.2 Å². The Kier molecular flexibility index (Phi) is 7.04. The average molecular weight is 437 g/mol. The number of rotatable bonds is 8. The van der Waals surface area contributed by atoms with E-state index in [0.29, 0.717) is 23.1 Å². The Bertz CT molecular complexity index is 983. The first-order valence-corrected chi connectivity index (χ1v) is 11.5. The van der Waals surface area contributed by atoms with E-state index in [1.54, 1.807) is 0 Å². The molecule has 0 radical (unpaired) electrons. The topological polar surface area (TPSA) is 90.3 Å². The van der Waals surface area contributed by atoms with Crippen LogP contribution in [0.1, 0.15) is 43.2 Å². The highest BCUT2D eigenvalue weighted by Crippen LogP contribution is 2.33. The van der Waals surface area contributed by atoms with Gasteiger partial charge in [0.15, 0.2) is 0 Å². The van der Waals surface area contributed by atoms with E-state index in [4.69, 9.17) is 10.1 Å². The summed E-state index contributed by atoms with van der Waals surface area (Å²) in [6.07, 6.45) is 6.26. The van der Waals surface area contributed by atoms with Crippen LogP contribution < -0.4 is 15.4 Å². The molecule has 1 saturated carbocycles. The second kappa shape index (κ2) is 10.3. The van der Waals surface area contributed by atoms with E-state index in [1.807, 2.05) is 54.6 Å². The predicted molar refractivity (Wildman–Crippen MR) is 126 cm³/mol. The number of aromatic nitrogens is 1. The third-order valence-electron chi connectivity index (χ3n) is 5.58. The summed E-state index contributed by atoms with van der Waals surface area (Å²) in [7, 11) is 0. The van der Waals surface area contributed by atoms with Crippen LogP contribution in [0.2, 0.25) is 0 Å². The normalized spacial score (nSPS) is 14.2. The number of nitrogens with one attached hydrogen (secondary N) is 3. The second-order valence-electron chi connectivity index (χ2n) is 7.89. The van der Waals surface area contributed by atoms with Crippen molar-refractivity contribution < 1.29 is 9.84 Å². The van der Waals surface area contributed by atoms with Gasteiger partial charge in [0.25, 0.3) is 0 Å². The molecule has 0 saturated heterocycles. The minimum absolute atomic E-state index is 0.114. The molecule has 4 rings (SSSR count). The fourth-order valence-electron chi connectivity index (χ4n) is 3.82. The van der Waals surface area contributed by atoms with Crippen molar-refractivity contribution in [2.45, 2.75) is 38.7 Å². The van der Waals surface area contributed by atoms with E-state index < -0.39 is 0 Å². The van der Waals surface area contributed by atoms with E-state index >= 15 is 0 Å². The highest BCUT2D eigenvalue weighted by atomic mass is 32.1. The maximum Gasteiger partial charge on any atom is 0.236 e. The molecule has 1 aliphatic rings. The van der Waals surface area contributed by atoms with Gasteiger partial charge in [0.05, 0.1) is 0 Å². The highest BCUT2D eigenvalue weighted by Gasteiger charge is 2.20. The van der Waals surface area contributed by atoms with Gasteiger partial charge in [-0.2, -0.15) is 4.37 Å². The number of hydrogen-bond acceptors (Lipinski definition) is 6. The molecular formula is C24H28N4O2S. The molecule has 1 aromatic heterocycles. The van der Waals surface area contributed by atoms with E-state index in [1.165, 1.54) is 32.1 Å². The number of nitrogens with zero attached hydrogens (tertiary/aromatic N) is 1. The minimum atomic E-state index is -0.114. The zero-order valence-corrected chi connectivity index (χ0v) is 18.3. The molecule has 162 valence electrons. The van der Waals surface area contributed by atoms with Crippen molar-refractivity contribution in [2.24, 2.45) is 5.92 Å². The molecular weight excluding hydrogens is 408 g/mol. The van der Waals surface area contributed by atoms with Gasteiger partial charge in [0.1, 0.15) is 28.8 Å². The Morgan fingerprint density at radius 3 is 2.55 bits per heavy atom. The van der Waals surface area contributed by atoms with Crippen molar-refractivity contribution >= 4 is 28.1 Å². The lowest BCUT2D eigenvalue weighted by Crippen LogP contribution is -2.30. The number of hydrogen-bond donors (Lipinski definition) is 4. The largest absolute Gasteiger partial charge is 0.492 e. The van der Waals surface area contributed by atoms with Gasteiger partial charge < -0.3 is 20.5 Å². The van der Waals surface area contributed by atoms with Crippen LogP contribution in [0.25, 0.3) is 0 Å². The molecule has 0 amide bonds. The van der Waals surface area contributed by atoms with Crippen molar-refractivity contribution in [1.82, 2.24) is 9.69 Å². The summed E-state index contributed by atoms with van der Waals surface area (Å²) >= 11 is 1.15. The van der Waals surface area contributed by atoms with Crippen LogP contribution in [0.3, 0.4) is 0 Å². The van der Waals surface area contributed by atoms with Crippen LogP contribution in [0, 0.1) is 11.3 Å². The van der Waals surface area contributed by atoms with E-state index in [0.717, 1.165) is 35.1 Å². The summed E-state index contributed by atoms with van der Waals surface area (Å²) in [6, 6.07) is 17.7. The lowest BCUT2D eigenvalue weighted by molar-refractivity contribution is 0.306. The Morgan fingerprint density at radius 2 is 1.81 bits per heavy atom. The van der Waals surface area contributed by atoms with Crippen LogP contribution in [0.5, 0.6) is 11.6 Å². The van der Waals surface area contributed by atoms with Crippen LogP contribution in [-0.2, 0) is 6.61 Å². The standard InChI is InChI=1S/C24H28N4O2S/c25-22(26-15-17-7-3-1-4-8-17)21-23(29)28-31-24(21)27-19-11-13-20(14-12-19)30-16-18-9-5-2-6-10-18/h2,5-6,9-14,17,27H,1,3-4,7-8,15-16H2,(H2,25,26)(H,28,29). The molecule has 0 aliphatic heterocycles. The van der Waals surface area contributed by atoms with Crippen molar-refractivity contribution in [3.63, 3.8) is 0 Å². The lowest BCUT2D eigenvalue weighted by atomic mass is 9.89. The zero-order chi connectivity index (χ0) is 21.5. The third kappa shape index (κ3) is 5.76. The maximum atomic E-state index is 10.2. The lowest BCUT2D eigenvalue weighted by Gasteiger charge is -2.22. The summed E-state index contributed by atoms with van der Waals surface area (Å²) < 4.78 is 9.87. The van der Waals surface area contributed by atoms with Gasteiger partial charge in [-0.1, -0.05) is 49.6 Å². The Labute approximate surface area is 187 Å². The molecule has 4 N–H and O–H groups in total. The summed E-state index contributed by atoms with van der Waals surface area (Å²) in [5, 5.41) is 25.7. The quantitative estimate of drug-likeness (QED) is 0.270. The Hall–Kier alpha value is -3.06. The SMILES string of the molecule is N=C(NCC1CCCCC1)c1c(O)nsc1Nc1ccc(OCc2ccccc2)cc1. The van der Waals surface area contributed by atoms with Crippen LogP contribution in [-0.4, -0.2) is 21.9 Å². The van der Waals surface area contributed by atoms with Gasteiger partial charge in [-0.05, 0) is 60.1 Å². The number of aromatic hydroxyl groups is 1. The van der Waals surface area contributed by atoms with Crippen LogP contribution in [0.4, 0.5) is 10.7 Å². The van der Waals surface area contributed by atoms with Crippen molar-refractivity contribution in [3.8, 4) is 11.6 Å². The molecule has 0 unspecified atom stereocenters. The minimum Gasteiger partial charge on any atom is -0.492 e. The molecule has 0 atom stereocenters. The fraction of sp³-hybridized carbons (Fsp3) is 0.333. The van der Waals surface area contributed by atoms with E-state index in [-0.39, 0.29) is 11.7 Å². The number of ether oxygens (including phenoxy) is 1. The van der Waals surface area contributed by atoms with Gasteiger partial charge in [-0.25, -0.2) is 0 Å². The van der Waals surface area contributed by atoms with Crippen molar-refractivity contribution in [2.75, 3.05) is 11.9 Å². The number of anilines is 2. The third-order valence-corrected chi connectivity index (χ3v) is 6.33. The monoisotopic (exact) mass is 436 g/mol. The maximum absolute atomic E-state index is 10.2. The smallest absolute Gasteiger partial charge is 0.236 e. The second-order valence-corrected chi connectivity index (χ2v) is 8.67. The van der Waals surface area contributed by atoms with Crippen LogP contribution >= 0.6 is 11.5 Å². The first-order valence-electron chi connectivity index (χ1n) is 10.7. The molecule has 0 bridgehead atoms. The predicted octanol–water partition coefficient (Wildman–Crippen LogP) is 5.67. The molecule has 2 aromatic carbocycles. The molecule has 31 heavy (non-hydrogen) atoms. The number of benzene rings is 2. The summed E-state index contributed by atoms with van der Waals surface area (Å²) in [6.45, 7) is 1.28. The van der Waals surface area contributed by atoms with Gasteiger partial charge in [0.2, 0.25) is 5.88 Å². The first kappa shape index (κ1) is 21.2. The number of amidine groups is 1. The molecule has 7 heteroatoms. The van der Waals surface area contributed by atoms with Gasteiger partial charge in [-0.15, -0.1) is 0 Å². The molecule has 1 heterocycles. The van der Waals surface area contributed by atoms with Gasteiger partial charge in [-0.3, -0.25) is 5.41 Å². The summed E-state index contributed by atoms with van der Waals surface area (Å²) in [5.74, 6) is 1.48. The summed E-state index contributed by atoms with van der Waals surface area (Å²) in [4.78, 5) is 0. The Morgan fingerprint density at radius 1 is 1.06 bits per heavy atom. The summed E-state index contributed by atoms with van der Waals surface area (Å²) in [5.41, 5.74) is 2.39. The molecule has 0 spiro atoms. The highest BCUT2D eigenvalue weighted by molar-refractivity contribution is 7.11. The van der Waals surface area contributed by atoms with E-state index in [9.17, 15) is 5.11 Å². The molecule has 1 aliphatic carbocycles. The zero-order valence-electron chi connectivity index (χ0n) is 17.4. The Balaban J connectivity index is 1.35. The van der Waals surface area contributed by atoms with Gasteiger partial charge >= 0.3 is 0 Å². The average Bonchev–Trinajstić information content (AvgIpc) is 3.18. The molecule has 1 fully saturated rings. The molecule has 3 aromatic rings. The van der Waals surface area contributed by atoms with Crippen LogP contribution in [0.15, 0.2) is 54.6 Å². The fourth-order valence-corrected chi connectivity index (χ4v) is 4.54. The molecule has 6 nitrogen and oxygen atoms in total.